The zero-order chi connectivity index (χ0) is 17.9. The van der Waals surface area contributed by atoms with Gasteiger partial charge in [-0.25, -0.2) is 12.4 Å². The summed E-state index contributed by atoms with van der Waals surface area (Å²) in [6.45, 7) is 2.05. The van der Waals surface area contributed by atoms with Crippen molar-refractivity contribution < 1.29 is 8.42 Å². The van der Waals surface area contributed by atoms with E-state index in [1.165, 1.54) is 10.2 Å². The van der Waals surface area contributed by atoms with Gasteiger partial charge in [0, 0.05) is 22.2 Å². The molecule has 0 bridgehead atoms. The molecule has 2 rings (SSSR count). The third-order valence-electron chi connectivity index (χ3n) is 3.45. The fraction of sp³-hybridized carbons (Fsp3) is 0.333. The van der Waals surface area contributed by atoms with Gasteiger partial charge in [-0.1, -0.05) is 24.9 Å². The monoisotopic (exact) mass is 369 g/mol. The normalized spacial score (nSPS) is 12.5. The standard InChI is InChI=1S/C15H20ClN5O2S/c1-3-4-5-13(19-20-15(17)18)12-9-21(24(2,22)23)14-7-6-10(16)8-11(12)14/h6-9H,3-5H2,1-2H3,(H4,17,18,20)/b19-13+. The van der Waals surface area contributed by atoms with E-state index in [9.17, 15) is 8.42 Å². The van der Waals surface area contributed by atoms with Crippen molar-refractivity contribution in [2.75, 3.05) is 6.26 Å². The van der Waals surface area contributed by atoms with Crippen LogP contribution in [0.2, 0.25) is 5.02 Å². The molecule has 9 heteroatoms. The van der Waals surface area contributed by atoms with Gasteiger partial charge >= 0.3 is 0 Å². The van der Waals surface area contributed by atoms with E-state index in [-0.39, 0.29) is 5.96 Å². The molecular weight excluding hydrogens is 350 g/mol. The van der Waals surface area contributed by atoms with Crippen LogP contribution in [-0.4, -0.2) is 30.3 Å². The lowest BCUT2D eigenvalue weighted by atomic mass is 10.0. The molecule has 130 valence electrons. The molecule has 0 aliphatic heterocycles. The minimum Gasteiger partial charge on any atom is -0.369 e. The predicted molar refractivity (Wildman–Crippen MR) is 99.1 cm³/mol. The average Bonchev–Trinajstić information content (AvgIpc) is 2.86. The number of halogens is 1. The summed E-state index contributed by atoms with van der Waals surface area (Å²) in [5, 5.41) is 9.03. The molecule has 0 atom stereocenters. The molecular formula is C15H20ClN5O2S. The molecule has 2 aromatic rings. The lowest BCUT2D eigenvalue weighted by molar-refractivity contribution is 0.595. The van der Waals surface area contributed by atoms with Crippen molar-refractivity contribution in [1.29, 1.82) is 0 Å². The van der Waals surface area contributed by atoms with Crippen molar-refractivity contribution in [2.24, 2.45) is 21.7 Å². The number of nitrogens with two attached hydrogens (primary N) is 2. The molecule has 7 nitrogen and oxygen atoms in total. The van der Waals surface area contributed by atoms with E-state index < -0.39 is 10.0 Å². The Morgan fingerprint density at radius 3 is 2.58 bits per heavy atom. The number of hydrogen-bond donors (Lipinski definition) is 2. The lowest BCUT2D eigenvalue weighted by Crippen LogP contribution is -2.22. The van der Waals surface area contributed by atoms with E-state index in [2.05, 4.69) is 17.1 Å². The van der Waals surface area contributed by atoms with Crippen molar-refractivity contribution >= 4 is 44.2 Å². The van der Waals surface area contributed by atoms with Gasteiger partial charge in [0.15, 0.2) is 0 Å². The van der Waals surface area contributed by atoms with Crippen LogP contribution in [0.25, 0.3) is 10.9 Å². The molecule has 1 aromatic heterocycles. The first-order chi connectivity index (χ1) is 11.2. The minimum atomic E-state index is -3.47. The number of unbranched alkanes of at least 4 members (excludes halogenated alkanes) is 1. The maximum Gasteiger partial charge on any atom is 0.236 e. The quantitative estimate of drug-likeness (QED) is 0.461. The van der Waals surface area contributed by atoms with E-state index in [1.54, 1.807) is 18.2 Å². The first-order valence-electron chi connectivity index (χ1n) is 7.41. The number of rotatable bonds is 6. The van der Waals surface area contributed by atoms with Gasteiger partial charge in [0.25, 0.3) is 0 Å². The highest BCUT2D eigenvalue weighted by atomic mass is 35.5. The summed E-state index contributed by atoms with van der Waals surface area (Å²) >= 11 is 6.08. The molecule has 0 unspecified atom stereocenters. The third-order valence-corrected chi connectivity index (χ3v) is 4.71. The van der Waals surface area contributed by atoms with E-state index in [0.717, 1.165) is 19.1 Å². The van der Waals surface area contributed by atoms with Crippen LogP contribution < -0.4 is 11.5 Å². The summed E-state index contributed by atoms with van der Waals surface area (Å²) in [7, 11) is -3.47. The van der Waals surface area contributed by atoms with Crippen LogP contribution in [0, 0.1) is 0 Å². The molecule has 1 aromatic carbocycles. The fourth-order valence-electron chi connectivity index (χ4n) is 2.38. The Hall–Kier alpha value is -2.06. The minimum absolute atomic E-state index is 0.158. The molecule has 0 spiro atoms. The van der Waals surface area contributed by atoms with Gasteiger partial charge in [0.05, 0.1) is 17.5 Å². The molecule has 0 fully saturated rings. The Labute approximate surface area is 146 Å². The Balaban J connectivity index is 2.74. The number of benzene rings is 1. The van der Waals surface area contributed by atoms with Gasteiger partial charge < -0.3 is 11.5 Å². The molecule has 24 heavy (non-hydrogen) atoms. The van der Waals surface area contributed by atoms with Crippen molar-refractivity contribution in [3.63, 3.8) is 0 Å². The lowest BCUT2D eigenvalue weighted by Gasteiger charge is -2.03. The highest BCUT2D eigenvalue weighted by Gasteiger charge is 2.18. The van der Waals surface area contributed by atoms with Crippen molar-refractivity contribution in [3.8, 4) is 0 Å². The first kappa shape index (κ1) is 18.3. The van der Waals surface area contributed by atoms with Gasteiger partial charge in [0.2, 0.25) is 16.0 Å². The van der Waals surface area contributed by atoms with Crippen LogP contribution >= 0.6 is 11.6 Å². The molecule has 0 radical (unpaired) electrons. The van der Waals surface area contributed by atoms with Gasteiger partial charge in [-0.15, -0.1) is 5.10 Å². The molecule has 4 N–H and O–H groups in total. The summed E-state index contributed by atoms with van der Waals surface area (Å²) < 4.78 is 25.4. The zero-order valence-electron chi connectivity index (χ0n) is 13.5. The number of aromatic nitrogens is 1. The number of nitrogens with zero attached hydrogens (tertiary/aromatic N) is 3. The third kappa shape index (κ3) is 4.07. The summed E-state index contributed by atoms with van der Waals surface area (Å²) in [6.07, 6.45) is 5.11. The zero-order valence-corrected chi connectivity index (χ0v) is 15.1. The Morgan fingerprint density at radius 1 is 1.29 bits per heavy atom. The molecule has 0 aliphatic carbocycles. The van der Waals surface area contributed by atoms with Crippen LogP contribution in [0.4, 0.5) is 0 Å². The highest BCUT2D eigenvalue weighted by Crippen LogP contribution is 2.28. The van der Waals surface area contributed by atoms with Crippen LogP contribution in [-0.2, 0) is 10.0 Å². The Bertz CT molecular complexity index is 911. The topological polar surface area (TPSA) is 116 Å². The van der Waals surface area contributed by atoms with E-state index in [1.807, 2.05) is 0 Å². The van der Waals surface area contributed by atoms with Crippen LogP contribution in [0.5, 0.6) is 0 Å². The summed E-state index contributed by atoms with van der Waals surface area (Å²) in [6, 6.07) is 5.03. The molecule has 0 aliphatic rings. The maximum atomic E-state index is 12.1. The van der Waals surface area contributed by atoms with Crippen LogP contribution in [0.3, 0.4) is 0 Å². The largest absolute Gasteiger partial charge is 0.369 e. The van der Waals surface area contributed by atoms with Crippen molar-refractivity contribution in [3.05, 3.63) is 35.0 Å². The highest BCUT2D eigenvalue weighted by molar-refractivity contribution is 7.89. The van der Waals surface area contributed by atoms with Gasteiger partial charge in [-0.2, -0.15) is 5.10 Å². The van der Waals surface area contributed by atoms with Gasteiger partial charge in [0.1, 0.15) is 0 Å². The smallest absolute Gasteiger partial charge is 0.236 e. The second-order valence-electron chi connectivity index (χ2n) is 5.44. The molecule has 0 saturated heterocycles. The van der Waals surface area contributed by atoms with Gasteiger partial charge in [-0.3, -0.25) is 0 Å². The summed E-state index contributed by atoms with van der Waals surface area (Å²) in [4.78, 5) is 0. The second kappa shape index (κ2) is 7.23. The van der Waals surface area contributed by atoms with E-state index in [0.29, 0.717) is 33.6 Å². The van der Waals surface area contributed by atoms with Crippen LogP contribution in [0.15, 0.2) is 34.6 Å². The van der Waals surface area contributed by atoms with E-state index in [4.69, 9.17) is 23.1 Å². The SMILES string of the molecule is CCCC/C(=N\N=C(N)N)c1cn(S(C)(=O)=O)c2ccc(Cl)cc12. The Morgan fingerprint density at radius 2 is 2.00 bits per heavy atom. The van der Waals surface area contributed by atoms with Gasteiger partial charge in [-0.05, 0) is 31.0 Å². The van der Waals surface area contributed by atoms with Crippen LogP contribution in [0.1, 0.15) is 31.7 Å². The predicted octanol–water partition coefficient (Wildman–Crippen LogP) is 2.27. The van der Waals surface area contributed by atoms with Crippen molar-refractivity contribution in [1.82, 2.24) is 3.97 Å². The maximum absolute atomic E-state index is 12.1. The van der Waals surface area contributed by atoms with Crippen molar-refractivity contribution in [2.45, 2.75) is 26.2 Å². The number of guanidine groups is 1. The first-order valence-corrected chi connectivity index (χ1v) is 9.63. The molecule has 0 saturated carbocycles. The second-order valence-corrected chi connectivity index (χ2v) is 7.73. The fourth-order valence-corrected chi connectivity index (χ4v) is 3.36. The summed E-state index contributed by atoms with van der Waals surface area (Å²) in [5.41, 5.74) is 12.5. The Kier molecular flexibility index (Phi) is 5.51. The average molecular weight is 370 g/mol. The number of hydrogen-bond acceptors (Lipinski definition) is 4. The summed E-state index contributed by atoms with van der Waals surface area (Å²) in [5.74, 6) is -0.158. The number of fused-ring (bicyclic) bond motifs is 1. The molecule has 0 amide bonds. The molecule has 1 heterocycles. The van der Waals surface area contributed by atoms with E-state index >= 15 is 0 Å².